The van der Waals surface area contributed by atoms with E-state index in [1.807, 2.05) is 45.0 Å². The van der Waals surface area contributed by atoms with E-state index in [4.69, 9.17) is 0 Å². The van der Waals surface area contributed by atoms with Crippen molar-refractivity contribution in [1.82, 2.24) is 5.32 Å². The number of rotatable bonds is 3. The SMILES string of the molecule is CC(C)(C)[C@@H](NC(=O)C1CSc2ccccc21)C(=O)O. The molecule has 2 atom stereocenters. The van der Waals surface area contributed by atoms with Gasteiger partial charge in [-0.15, -0.1) is 11.8 Å². The predicted molar refractivity (Wildman–Crippen MR) is 78.9 cm³/mol. The molecule has 0 spiro atoms. The lowest BCUT2D eigenvalue weighted by molar-refractivity contribution is -0.145. The Morgan fingerprint density at radius 3 is 2.60 bits per heavy atom. The zero-order valence-corrected chi connectivity index (χ0v) is 12.7. The maximum absolute atomic E-state index is 12.4. The Kier molecular flexibility index (Phi) is 4.09. The highest BCUT2D eigenvalue weighted by atomic mass is 32.2. The van der Waals surface area contributed by atoms with Crippen molar-refractivity contribution in [1.29, 1.82) is 0 Å². The molecule has 1 aromatic rings. The van der Waals surface area contributed by atoms with Crippen molar-refractivity contribution in [2.45, 2.75) is 37.6 Å². The normalized spacial score (nSPS) is 19.2. The molecule has 1 aliphatic heterocycles. The standard InChI is InChI=1S/C15H19NO3S/c1-15(2,3)12(14(18)19)16-13(17)10-8-20-11-7-5-4-6-9(10)11/h4-7,10,12H,8H2,1-3H3,(H,16,17)(H,18,19)/t10?,12-/m0/s1. The molecule has 1 amide bonds. The topological polar surface area (TPSA) is 66.4 Å². The third kappa shape index (κ3) is 2.98. The molecule has 4 nitrogen and oxygen atoms in total. The lowest BCUT2D eigenvalue weighted by Gasteiger charge is -2.28. The van der Waals surface area contributed by atoms with Crippen molar-refractivity contribution in [2.24, 2.45) is 5.41 Å². The highest BCUT2D eigenvalue weighted by molar-refractivity contribution is 7.99. The molecule has 20 heavy (non-hydrogen) atoms. The van der Waals surface area contributed by atoms with Crippen molar-refractivity contribution in [3.63, 3.8) is 0 Å². The molecule has 2 rings (SSSR count). The first kappa shape index (κ1) is 14.9. The van der Waals surface area contributed by atoms with Crippen LogP contribution < -0.4 is 5.32 Å². The van der Waals surface area contributed by atoms with Crippen molar-refractivity contribution in [3.05, 3.63) is 29.8 Å². The number of hydrogen-bond donors (Lipinski definition) is 2. The molecule has 5 heteroatoms. The number of fused-ring (bicyclic) bond motifs is 1. The Hall–Kier alpha value is -1.49. The van der Waals surface area contributed by atoms with Crippen LogP contribution in [0.25, 0.3) is 0 Å². The van der Waals surface area contributed by atoms with E-state index in [-0.39, 0.29) is 11.8 Å². The molecule has 1 aromatic carbocycles. The number of carbonyl (C=O) groups is 2. The van der Waals surface area contributed by atoms with Gasteiger partial charge in [0.2, 0.25) is 5.91 Å². The molecule has 0 saturated heterocycles. The van der Waals surface area contributed by atoms with Crippen molar-refractivity contribution >= 4 is 23.6 Å². The first-order chi connectivity index (χ1) is 9.30. The number of aliphatic carboxylic acids is 1. The number of carboxylic acid groups (broad SMARTS) is 1. The molecule has 2 N–H and O–H groups in total. The fraction of sp³-hybridized carbons (Fsp3) is 0.467. The van der Waals surface area contributed by atoms with Crippen LogP contribution in [0.3, 0.4) is 0 Å². The number of carboxylic acids is 1. The van der Waals surface area contributed by atoms with Gasteiger partial charge in [-0.25, -0.2) is 4.79 Å². The van der Waals surface area contributed by atoms with E-state index in [1.165, 1.54) is 0 Å². The zero-order valence-electron chi connectivity index (χ0n) is 11.8. The number of hydrogen-bond acceptors (Lipinski definition) is 3. The van der Waals surface area contributed by atoms with Gasteiger partial charge in [0.05, 0.1) is 5.92 Å². The third-order valence-corrected chi connectivity index (χ3v) is 4.60. The van der Waals surface area contributed by atoms with Crippen LogP contribution in [0.1, 0.15) is 32.3 Å². The first-order valence-corrected chi connectivity index (χ1v) is 7.54. The molecular formula is C15H19NO3S. The smallest absolute Gasteiger partial charge is 0.326 e. The summed E-state index contributed by atoms with van der Waals surface area (Å²) in [4.78, 5) is 24.8. The van der Waals surface area contributed by atoms with Gasteiger partial charge in [0, 0.05) is 10.6 Å². The Bertz CT molecular complexity index is 536. The van der Waals surface area contributed by atoms with Gasteiger partial charge < -0.3 is 10.4 Å². The quantitative estimate of drug-likeness (QED) is 0.898. The van der Waals surface area contributed by atoms with E-state index < -0.39 is 17.4 Å². The van der Waals surface area contributed by atoms with Crippen LogP contribution in [0, 0.1) is 5.41 Å². The average molecular weight is 293 g/mol. The average Bonchev–Trinajstić information content (AvgIpc) is 2.77. The van der Waals surface area contributed by atoms with E-state index in [9.17, 15) is 14.7 Å². The predicted octanol–water partition coefficient (Wildman–Crippen LogP) is 2.49. The Morgan fingerprint density at radius 2 is 2.00 bits per heavy atom. The molecular weight excluding hydrogens is 274 g/mol. The van der Waals surface area contributed by atoms with Crippen LogP contribution in [0.4, 0.5) is 0 Å². The number of thioether (sulfide) groups is 1. The molecule has 0 fully saturated rings. The second kappa shape index (κ2) is 5.48. The van der Waals surface area contributed by atoms with Crippen molar-refractivity contribution in [2.75, 3.05) is 5.75 Å². The van der Waals surface area contributed by atoms with E-state index >= 15 is 0 Å². The summed E-state index contributed by atoms with van der Waals surface area (Å²) < 4.78 is 0. The monoisotopic (exact) mass is 293 g/mol. The van der Waals surface area contributed by atoms with Gasteiger partial charge >= 0.3 is 5.97 Å². The van der Waals surface area contributed by atoms with Crippen LogP contribution in [-0.4, -0.2) is 28.8 Å². The lowest BCUT2D eigenvalue weighted by Crippen LogP contribution is -2.50. The Morgan fingerprint density at radius 1 is 1.35 bits per heavy atom. The minimum Gasteiger partial charge on any atom is -0.480 e. The Labute approximate surface area is 123 Å². The summed E-state index contributed by atoms with van der Waals surface area (Å²) >= 11 is 1.64. The number of carbonyl (C=O) groups excluding carboxylic acids is 1. The molecule has 0 aromatic heterocycles. The van der Waals surface area contributed by atoms with Crippen molar-refractivity contribution in [3.8, 4) is 0 Å². The van der Waals surface area contributed by atoms with E-state index in [0.29, 0.717) is 5.75 Å². The van der Waals surface area contributed by atoms with Crippen LogP contribution in [0.2, 0.25) is 0 Å². The highest BCUT2D eigenvalue weighted by Crippen LogP contribution is 2.39. The largest absolute Gasteiger partial charge is 0.480 e. The fourth-order valence-electron chi connectivity index (χ4n) is 2.27. The molecule has 1 unspecified atom stereocenters. The van der Waals surface area contributed by atoms with Crippen LogP contribution in [0.5, 0.6) is 0 Å². The number of nitrogens with one attached hydrogen (secondary N) is 1. The van der Waals surface area contributed by atoms with Crippen molar-refractivity contribution < 1.29 is 14.7 Å². The zero-order chi connectivity index (χ0) is 14.9. The molecule has 0 bridgehead atoms. The summed E-state index contributed by atoms with van der Waals surface area (Å²) in [5.74, 6) is -0.795. The molecule has 0 radical (unpaired) electrons. The maximum atomic E-state index is 12.4. The van der Waals surface area contributed by atoms with Gasteiger partial charge in [0.1, 0.15) is 6.04 Å². The van der Waals surface area contributed by atoms with Gasteiger partial charge in [0.15, 0.2) is 0 Å². The van der Waals surface area contributed by atoms with E-state index in [0.717, 1.165) is 10.5 Å². The molecule has 1 heterocycles. The lowest BCUT2D eigenvalue weighted by atomic mass is 9.86. The van der Waals surface area contributed by atoms with Gasteiger partial charge in [-0.1, -0.05) is 39.0 Å². The van der Waals surface area contributed by atoms with Crippen LogP contribution in [0.15, 0.2) is 29.2 Å². The van der Waals surface area contributed by atoms with Gasteiger partial charge in [0.25, 0.3) is 0 Å². The van der Waals surface area contributed by atoms with E-state index in [1.54, 1.807) is 11.8 Å². The summed E-state index contributed by atoms with van der Waals surface area (Å²) in [6, 6.07) is 6.90. The fourth-order valence-corrected chi connectivity index (χ4v) is 3.50. The minimum absolute atomic E-state index is 0.204. The number of amides is 1. The van der Waals surface area contributed by atoms with Crippen LogP contribution >= 0.6 is 11.8 Å². The molecule has 108 valence electrons. The van der Waals surface area contributed by atoms with Gasteiger partial charge in [-0.2, -0.15) is 0 Å². The molecule has 0 aliphatic carbocycles. The second-order valence-corrected chi connectivity index (χ2v) is 7.11. The second-order valence-electron chi connectivity index (χ2n) is 6.05. The molecule has 0 saturated carbocycles. The summed E-state index contributed by atoms with van der Waals surface area (Å²) in [6.07, 6.45) is 0. The summed E-state index contributed by atoms with van der Waals surface area (Å²) in [5, 5.41) is 12.0. The Balaban J connectivity index is 2.15. The van der Waals surface area contributed by atoms with Gasteiger partial charge in [-0.3, -0.25) is 4.79 Å². The van der Waals surface area contributed by atoms with E-state index in [2.05, 4.69) is 5.32 Å². The maximum Gasteiger partial charge on any atom is 0.326 e. The minimum atomic E-state index is -0.996. The summed E-state index contributed by atoms with van der Waals surface area (Å²) in [6.45, 7) is 5.43. The van der Waals surface area contributed by atoms with Gasteiger partial charge in [-0.05, 0) is 17.0 Å². The number of benzene rings is 1. The highest BCUT2D eigenvalue weighted by Gasteiger charge is 2.36. The third-order valence-electron chi connectivity index (χ3n) is 3.42. The molecule has 1 aliphatic rings. The first-order valence-electron chi connectivity index (χ1n) is 6.55. The summed E-state index contributed by atoms with van der Waals surface area (Å²) in [7, 11) is 0. The summed E-state index contributed by atoms with van der Waals surface area (Å²) in [5.41, 5.74) is 0.472. The van der Waals surface area contributed by atoms with Crippen LogP contribution in [-0.2, 0) is 9.59 Å².